The molecule has 108 valence electrons. The Morgan fingerprint density at radius 1 is 1.26 bits per heavy atom. The second-order valence-corrected chi connectivity index (χ2v) is 6.46. The average molecular weight is 266 g/mol. The third-order valence-electron chi connectivity index (χ3n) is 3.75. The van der Waals surface area contributed by atoms with E-state index in [1.165, 1.54) is 0 Å². The number of nitrogens with zero attached hydrogens (tertiary/aromatic N) is 3. The van der Waals surface area contributed by atoms with Gasteiger partial charge >= 0.3 is 0 Å². The molecule has 5 heteroatoms. The van der Waals surface area contributed by atoms with Gasteiger partial charge in [0.15, 0.2) is 5.82 Å². The molecule has 2 rings (SSSR count). The van der Waals surface area contributed by atoms with Crippen molar-refractivity contribution < 1.29 is 4.52 Å². The molecule has 1 aliphatic rings. The predicted octanol–water partition coefficient (Wildman–Crippen LogP) is 2.10. The van der Waals surface area contributed by atoms with E-state index in [9.17, 15) is 0 Å². The normalized spacial score (nSPS) is 20.4. The fraction of sp³-hybridized carbons (Fsp3) is 0.857. The van der Waals surface area contributed by atoms with Crippen molar-refractivity contribution in [1.29, 1.82) is 0 Å². The first kappa shape index (κ1) is 14.5. The molecule has 1 aliphatic heterocycles. The maximum absolute atomic E-state index is 6.48. The van der Waals surface area contributed by atoms with Gasteiger partial charge in [-0.2, -0.15) is 4.98 Å². The van der Waals surface area contributed by atoms with E-state index >= 15 is 0 Å². The number of likely N-dealkylation sites (tertiary alicyclic amines) is 1. The molecule has 0 aromatic carbocycles. The van der Waals surface area contributed by atoms with E-state index < -0.39 is 5.54 Å². The van der Waals surface area contributed by atoms with Crippen molar-refractivity contribution >= 4 is 0 Å². The Labute approximate surface area is 115 Å². The number of piperidine rings is 1. The summed E-state index contributed by atoms with van der Waals surface area (Å²) in [6.07, 6.45) is 1.80. The minimum Gasteiger partial charge on any atom is -0.339 e. The summed E-state index contributed by atoms with van der Waals surface area (Å²) >= 11 is 0. The van der Waals surface area contributed by atoms with Gasteiger partial charge in [-0.05, 0) is 18.8 Å². The SMILES string of the molecule is CC(C)CN1CCC(N)(c2noc(C(C)C)n2)CC1. The Bertz CT molecular complexity index is 405. The van der Waals surface area contributed by atoms with Gasteiger partial charge in [-0.3, -0.25) is 0 Å². The lowest BCUT2D eigenvalue weighted by Crippen LogP contribution is -2.49. The molecule has 0 atom stereocenters. The van der Waals surface area contributed by atoms with Gasteiger partial charge < -0.3 is 15.2 Å². The number of hydrogen-bond acceptors (Lipinski definition) is 5. The fourth-order valence-electron chi connectivity index (χ4n) is 2.55. The monoisotopic (exact) mass is 266 g/mol. The fourth-order valence-corrected chi connectivity index (χ4v) is 2.55. The van der Waals surface area contributed by atoms with E-state index in [4.69, 9.17) is 10.3 Å². The molecule has 5 nitrogen and oxygen atoms in total. The first-order valence-corrected chi connectivity index (χ1v) is 7.26. The van der Waals surface area contributed by atoms with Crippen LogP contribution in [0.25, 0.3) is 0 Å². The summed E-state index contributed by atoms with van der Waals surface area (Å²) in [4.78, 5) is 6.94. The van der Waals surface area contributed by atoms with Crippen LogP contribution in [0.1, 0.15) is 58.2 Å². The van der Waals surface area contributed by atoms with Gasteiger partial charge in [0, 0.05) is 25.6 Å². The van der Waals surface area contributed by atoms with Crippen LogP contribution < -0.4 is 5.73 Å². The van der Waals surface area contributed by atoms with E-state index in [1.54, 1.807) is 0 Å². The van der Waals surface area contributed by atoms with Crippen molar-refractivity contribution in [3.05, 3.63) is 11.7 Å². The third-order valence-corrected chi connectivity index (χ3v) is 3.75. The van der Waals surface area contributed by atoms with Crippen molar-refractivity contribution in [3.8, 4) is 0 Å². The minimum atomic E-state index is -0.413. The molecule has 2 heterocycles. The van der Waals surface area contributed by atoms with E-state index in [2.05, 4.69) is 28.9 Å². The zero-order valence-electron chi connectivity index (χ0n) is 12.5. The van der Waals surface area contributed by atoms with Gasteiger partial charge in [0.25, 0.3) is 0 Å². The second-order valence-electron chi connectivity index (χ2n) is 6.46. The summed E-state index contributed by atoms with van der Waals surface area (Å²) in [5, 5.41) is 4.09. The molecular formula is C14H26N4O. The smallest absolute Gasteiger partial charge is 0.229 e. The van der Waals surface area contributed by atoms with Crippen LogP contribution in [0.5, 0.6) is 0 Å². The molecule has 0 radical (unpaired) electrons. The molecule has 0 bridgehead atoms. The Hall–Kier alpha value is -0.940. The van der Waals surface area contributed by atoms with Crippen molar-refractivity contribution in [2.24, 2.45) is 11.7 Å². The minimum absolute atomic E-state index is 0.255. The van der Waals surface area contributed by atoms with Gasteiger partial charge in [-0.25, -0.2) is 0 Å². The van der Waals surface area contributed by atoms with Crippen molar-refractivity contribution in [2.45, 2.75) is 52.0 Å². The number of rotatable bonds is 4. The van der Waals surface area contributed by atoms with E-state index in [0.717, 1.165) is 32.5 Å². The predicted molar refractivity (Wildman–Crippen MR) is 74.8 cm³/mol. The van der Waals surface area contributed by atoms with Crippen molar-refractivity contribution in [3.63, 3.8) is 0 Å². The summed E-state index contributed by atoms with van der Waals surface area (Å²) in [7, 11) is 0. The molecule has 0 amide bonds. The highest BCUT2D eigenvalue weighted by atomic mass is 16.5. The molecule has 1 fully saturated rings. The quantitative estimate of drug-likeness (QED) is 0.904. The molecule has 1 saturated heterocycles. The zero-order chi connectivity index (χ0) is 14.0. The van der Waals surface area contributed by atoms with Crippen LogP contribution in [0.15, 0.2) is 4.52 Å². The average Bonchev–Trinajstić information content (AvgIpc) is 2.82. The van der Waals surface area contributed by atoms with Gasteiger partial charge in [0.2, 0.25) is 5.89 Å². The Balaban J connectivity index is 2.00. The Morgan fingerprint density at radius 3 is 2.37 bits per heavy atom. The van der Waals surface area contributed by atoms with E-state index in [-0.39, 0.29) is 5.92 Å². The van der Waals surface area contributed by atoms with Crippen LogP contribution in [0.2, 0.25) is 0 Å². The Morgan fingerprint density at radius 2 is 1.89 bits per heavy atom. The summed E-state index contributed by atoms with van der Waals surface area (Å²) in [5.41, 5.74) is 6.06. The lowest BCUT2D eigenvalue weighted by atomic mass is 9.87. The maximum atomic E-state index is 6.48. The summed E-state index contributed by atoms with van der Waals surface area (Å²) in [6, 6.07) is 0. The zero-order valence-corrected chi connectivity index (χ0v) is 12.5. The van der Waals surface area contributed by atoms with Gasteiger partial charge in [-0.15, -0.1) is 0 Å². The highest BCUT2D eigenvalue weighted by Gasteiger charge is 2.36. The molecule has 19 heavy (non-hydrogen) atoms. The topological polar surface area (TPSA) is 68.2 Å². The first-order chi connectivity index (χ1) is 8.90. The third kappa shape index (κ3) is 3.34. The lowest BCUT2D eigenvalue weighted by Gasteiger charge is -2.37. The molecule has 0 saturated carbocycles. The Kier molecular flexibility index (Phi) is 4.26. The largest absolute Gasteiger partial charge is 0.339 e. The van der Waals surface area contributed by atoms with Gasteiger partial charge in [-0.1, -0.05) is 32.9 Å². The van der Waals surface area contributed by atoms with Crippen molar-refractivity contribution in [2.75, 3.05) is 19.6 Å². The standard InChI is InChI=1S/C14H26N4O/c1-10(2)9-18-7-5-14(15,6-8-18)13-16-12(11(3)4)19-17-13/h10-11H,5-9,15H2,1-4H3. The van der Waals surface area contributed by atoms with Crippen LogP contribution in [-0.4, -0.2) is 34.7 Å². The van der Waals surface area contributed by atoms with Crippen LogP contribution in [0, 0.1) is 5.92 Å². The van der Waals surface area contributed by atoms with E-state index in [1.807, 2.05) is 13.8 Å². The maximum Gasteiger partial charge on any atom is 0.229 e. The van der Waals surface area contributed by atoms with Crippen molar-refractivity contribution in [1.82, 2.24) is 15.0 Å². The molecule has 0 aliphatic carbocycles. The molecular weight excluding hydrogens is 240 g/mol. The highest BCUT2D eigenvalue weighted by molar-refractivity contribution is 5.07. The molecule has 0 unspecified atom stereocenters. The second kappa shape index (κ2) is 5.59. The molecule has 1 aromatic rings. The van der Waals surface area contributed by atoms with Gasteiger partial charge in [0.05, 0.1) is 5.54 Å². The highest BCUT2D eigenvalue weighted by Crippen LogP contribution is 2.29. The molecule has 1 aromatic heterocycles. The summed E-state index contributed by atoms with van der Waals surface area (Å²) in [5.74, 6) is 2.32. The van der Waals surface area contributed by atoms with Gasteiger partial charge in [0.1, 0.15) is 0 Å². The number of hydrogen-bond donors (Lipinski definition) is 1. The van der Waals surface area contributed by atoms with Crippen LogP contribution >= 0.6 is 0 Å². The molecule has 0 spiro atoms. The number of aromatic nitrogens is 2. The van der Waals surface area contributed by atoms with Crippen LogP contribution in [0.3, 0.4) is 0 Å². The summed E-state index contributed by atoms with van der Waals surface area (Å²) in [6.45, 7) is 11.8. The number of nitrogens with two attached hydrogens (primary N) is 1. The first-order valence-electron chi connectivity index (χ1n) is 7.26. The van der Waals surface area contributed by atoms with Crippen LogP contribution in [-0.2, 0) is 5.54 Å². The molecule has 2 N–H and O–H groups in total. The van der Waals surface area contributed by atoms with E-state index in [0.29, 0.717) is 17.6 Å². The van der Waals surface area contributed by atoms with Crippen LogP contribution in [0.4, 0.5) is 0 Å². The lowest BCUT2D eigenvalue weighted by molar-refractivity contribution is 0.141. The summed E-state index contributed by atoms with van der Waals surface area (Å²) < 4.78 is 5.28.